The van der Waals surface area contributed by atoms with Gasteiger partial charge in [0.15, 0.2) is 0 Å². The van der Waals surface area contributed by atoms with E-state index in [-0.39, 0.29) is 11.5 Å². The predicted octanol–water partition coefficient (Wildman–Crippen LogP) is 2.22. The molecule has 1 amide bonds. The zero-order valence-corrected chi connectivity index (χ0v) is 15.6. The number of hydrogen-bond acceptors (Lipinski definition) is 3. The van der Waals surface area contributed by atoms with E-state index in [4.69, 9.17) is 0 Å². The van der Waals surface area contributed by atoms with E-state index in [9.17, 15) is 9.59 Å². The molecule has 4 rings (SSSR count). The van der Waals surface area contributed by atoms with Crippen molar-refractivity contribution in [3.8, 4) is 0 Å². The topological polar surface area (TPSA) is 45.6 Å². The van der Waals surface area contributed by atoms with Crippen molar-refractivity contribution in [2.45, 2.75) is 51.1 Å². The molecule has 0 spiro atoms. The normalized spacial score (nSPS) is 29.0. The molecule has 0 aliphatic carbocycles. The van der Waals surface area contributed by atoms with E-state index in [1.807, 2.05) is 21.6 Å². The highest BCUT2D eigenvalue weighted by molar-refractivity contribution is 5.87. The fourth-order valence-electron chi connectivity index (χ4n) is 4.97. The van der Waals surface area contributed by atoms with Crippen molar-refractivity contribution in [1.29, 1.82) is 0 Å². The molecule has 2 fully saturated rings. The van der Waals surface area contributed by atoms with E-state index in [1.54, 1.807) is 12.1 Å². The third-order valence-corrected chi connectivity index (χ3v) is 6.27. The Morgan fingerprint density at radius 1 is 1.23 bits per heavy atom. The maximum atomic E-state index is 12.4. The average molecular weight is 355 g/mol. The molecule has 140 valence electrons. The predicted molar refractivity (Wildman–Crippen MR) is 102 cm³/mol. The maximum absolute atomic E-state index is 12.4. The molecule has 3 aliphatic heterocycles. The van der Waals surface area contributed by atoms with E-state index in [1.165, 1.54) is 18.5 Å². The highest BCUT2D eigenvalue weighted by Gasteiger charge is 2.34. The van der Waals surface area contributed by atoms with Crippen molar-refractivity contribution in [3.63, 3.8) is 0 Å². The number of nitrogens with zero attached hydrogens (tertiary/aromatic N) is 3. The summed E-state index contributed by atoms with van der Waals surface area (Å²) in [4.78, 5) is 29.0. The molecule has 0 saturated carbocycles. The lowest BCUT2D eigenvalue weighted by atomic mass is 9.83. The molecular weight excluding hydrogens is 326 g/mol. The quantitative estimate of drug-likeness (QED) is 0.781. The number of piperidine rings is 2. The standard InChI is InChI=1S/C21H29N3O2/c1-16-6-2-3-11-23(16)20(25)9-5-10-22-13-17-12-18(15-22)19-7-4-8-21(26)24(19)14-17/h4-5,7-9,16-18H,2-3,6,10-15H2,1H3. The van der Waals surface area contributed by atoms with Crippen LogP contribution in [0.25, 0.3) is 0 Å². The Morgan fingerprint density at radius 2 is 2.12 bits per heavy atom. The molecule has 0 radical (unpaired) electrons. The van der Waals surface area contributed by atoms with Crippen LogP contribution in [0.15, 0.2) is 35.1 Å². The van der Waals surface area contributed by atoms with Gasteiger partial charge in [0, 0.05) is 62.5 Å². The first kappa shape index (κ1) is 17.5. The highest BCUT2D eigenvalue weighted by atomic mass is 16.2. The molecule has 1 aromatic rings. The maximum Gasteiger partial charge on any atom is 0.250 e. The van der Waals surface area contributed by atoms with Crippen LogP contribution in [0.1, 0.15) is 44.2 Å². The fourth-order valence-corrected chi connectivity index (χ4v) is 4.97. The molecule has 2 saturated heterocycles. The third kappa shape index (κ3) is 3.50. The van der Waals surface area contributed by atoms with Crippen LogP contribution in [0, 0.1) is 5.92 Å². The van der Waals surface area contributed by atoms with E-state index < -0.39 is 0 Å². The van der Waals surface area contributed by atoms with E-state index in [0.29, 0.717) is 17.9 Å². The largest absolute Gasteiger partial charge is 0.336 e. The Bertz CT molecular complexity index is 754. The van der Waals surface area contributed by atoms with Crippen LogP contribution < -0.4 is 5.56 Å². The van der Waals surface area contributed by atoms with Gasteiger partial charge in [-0.05, 0) is 44.6 Å². The van der Waals surface area contributed by atoms with Crippen molar-refractivity contribution in [2.24, 2.45) is 5.92 Å². The number of hydrogen-bond donors (Lipinski definition) is 0. The molecule has 3 unspecified atom stereocenters. The van der Waals surface area contributed by atoms with Gasteiger partial charge in [-0.2, -0.15) is 0 Å². The first-order valence-corrected chi connectivity index (χ1v) is 10.0. The lowest BCUT2D eigenvalue weighted by molar-refractivity contribution is -0.129. The van der Waals surface area contributed by atoms with E-state index >= 15 is 0 Å². The van der Waals surface area contributed by atoms with E-state index in [2.05, 4.69) is 17.9 Å². The van der Waals surface area contributed by atoms with Crippen LogP contribution >= 0.6 is 0 Å². The molecule has 0 aromatic carbocycles. The van der Waals surface area contributed by atoms with Gasteiger partial charge in [0.2, 0.25) is 5.91 Å². The number of amides is 1. The van der Waals surface area contributed by atoms with Gasteiger partial charge in [-0.25, -0.2) is 0 Å². The molecule has 4 heterocycles. The van der Waals surface area contributed by atoms with E-state index in [0.717, 1.165) is 45.6 Å². The SMILES string of the molecule is CC1CCCCN1C(=O)C=CCN1CC2CC(C1)c1cccc(=O)n1C2. The van der Waals surface area contributed by atoms with Gasteiger partial charge >= 0.3 is 0 Å². The van der Waals surface area contributed by atoms with Gasteiger partial charge in [0.05, 0.1) is 0 Å². The molecular formula is C21H29N3O2. The van der Waals surface area contributed by atoms with Crippen molar-refractivity contribution in [2.75, 3.05) is 26.2 Å². The summed E-state index contributed by atoms with van der Waals surface area (Å²) < 4.78 is 1.97. The number of likely N-dealkylation sites (tertiary alicyclic amines) is 2. The first-order chi connectivity index (χ1) is 12.6. The molecule has 2 bridgehead atoms. The second-order valence-corrected chi connectivity index (χ2v) is 8.20. The van der Waals surface area contributed by atoms with Gasteiger partial charge in [0.25, 0.3) is 5.56 Å². The Kier molecular flexibility index (Phi) is 4.98. The Balaban J connectivity index is 1.37. The van der Waals surface area contributed by atoms with Gasteiger partial charge in [-0.15, -0.1) is 0 Å². The Hall–Kier alpha value is -1.88. The lowest BCUT2D eigenvalue weighted by Crippen LogP contribution is -2.47. The Morgan fingerprint density at radius 3 is 2.96 bits per heavy atom. The van der Waals surface area contributed by atoms with Gasteiger partial charge < -0.3 is 9.47 Å². The molecule has 5 nitrogen and oxygen atoms in total. The number of pyridine rings is 1. The second-order valence-electron chi connectivity index (χ2n) is 8.20. The molecule has 3 aliphatic rings. The molecule has 1 aromatic heterocycles. The first-order valence-electron chi connectivity index (χ1n) is 10.0. The van der Waals surface area contributed by atoms with Crippen LogP contribution in [-0.2, 0) is 11.3 Å². The molecule has 0 N–H and O–H groups in total. The van der Waals surface area contributed by atoms with Crippen LogP contribution in [0.3, 0.4) is 0 Å². The van der Waals surface area contributed by atoms with Crippen molar-refractivity contribution in [3.05, 3.63) is 46.4 Å². The zero-order valence-electron chi connectivity index (χ0n) is 15.6. The second kappa shape index (κ2) is 7.39. The summed E-state index contributed by atoms with van der Waals surface area (Å²) in [6, 6.07) is 6.01. The molecule has 5 heteroatoms. The minimum Gasteiger partial charge on any atom is -0.336 e. The number of aromatic nitrogens is 1. The number of rotatable bonds is 3. The van der Waals surface area contributed by atoms with Crippen molar-refractivity contribution < 1.29 is 4.79 Å². The minimum absolute atomic E-state index is 0.131. The minimum atomic E-state index is 0.131. The van der Waals surface area contributed by atoms with Gasteiger partial charge in [-0.1, -0.05) is 12.1 Å². The fraction of sp³-hybridized carbons (Fsp3) is 0.619. The summed E-state index contributed by atoms with van der Waals surface area (Å²) in [6.45, 7) is 6.67. The summed E-state index contributed by atoms with van der Waals surface area (Å²) in [7, 11) is 0. The highest BCUT2D eigenvalue weighted by Crippen LogP contribution is 2.34. The third-order valence-electron chi connectivity index (χ3n) is 6.27. The van der Waals surface area contributed by atoms with Crippen LogP contribution in [0.2, 0.25) is 0 Å². The number of carbonyl (C=O) groups is 1. The number of fused-ring (bicyclic) bond motifs is 4. The lowest BCUT2D eigenvalue weighted by Gasteiger charge is -2.42. The monoisotopic (exact) mass is 355 g/mol. The van der Waals surface area contributed by atoms with Crippen molar-refractivity contribution in [1.82, 2.24) is 14.4 Å². The van der Waals surface area contributed by atoms with Crippen molar-refractivity contribution >= 4 is 5.91 Å². The average Bonchev–Trinajstić information content (AvgIpc) is 2.63. The Labute approximate surface area is 155 Å². The summed E-state index contributed by atoms with van der Waals surface area (Å²) >= 11 is 0. The summed E-state index contributed by atoms with van der Waals surface area (Å²) in [6.07, 6.45) is 8.45. The van der Waals surface area contributed by atoms with Gasteiger partial charge in [0.1, 0.15) is 0 Å². The summed E-state index contributed by atoms with van der Waals surface area (Å²) in [5, 5.41) is 0. The zero-order chi connectivity index (χ0) is 18.1. The van der Waals surface area contributed by atoms with Gasteiger partial charge in [-0.3, -0.25) is 14.5 Å². The van der Waals surface area contributed by atoms with Crippen LogP contribution in [0.4, 0.5) is 0 Å². The number of carbonyl (C=O) groups excluding carboxylic acids is 1. The van der Waals surface area contributed by atoms with Crippen LogP contribution in [0.5, 0.6) is 0 Å². The summed E-state index contributed by atoms with van der Waals surface area (Å²) in [5.74, 6) is 1.13. The summed E-state index contributed by atoms with van der Waals surface area (Å²) in [5.41, 5.74) is 1.31. The smallest absolute Gasteiger partial charge is 0.250 e. The van der Waals surface area contributed by atoms with Crippen LogP contribution in [-0.4, -0.2) is 52.5 Å². The molecule has 26 heavy (non-hydrogen) atoms. The molecule has 3 atom stereocenters.